The second-order valence-electron chi connectivity index (χ2n) is 5.44. The molecule has 0 aliphatic carbocycles. The summed E-state index contributed by atoms with van der Waals surface area (Å²) in [6.07, 6.45) is 0. The van der Waals surface area contributed by atoms with Gasteiger partial charge in [-0.25, -0.2) is 4.98 Å². The van der Waals surface area contributed by atoms with E-state index in [1.54, 1.807) is 18.0 Å². The lowest BCUT2D eigenvalue weighted by Crippen LogP contribution is -2.36. The average molecular weight is 438 g/mol. The van der Waals surface area contributed by atoms with Gasteiger partial charge in [-0.15, -0.1) is 0 Å². The highest BCUT2D eigenvalue weighted by Gasteiger charge is 2.11. The number of amides is 2. The molecule has 0 bridgehead atoms. The Hall–Kier alpha value is -2.00. The van der Waals surface area contributed by atoms with Crippen molar-refractivity contribution in [1.82, 2.24) is 9.88 Å². The van der Waals surface area contributed by atoms with Crippen LogP contribution in [0.3, 0.4) is 0 Å². The molecule has 126 valence electrons. The van der Waals surface area contributed by atoms with E-state index in [1.165, 1.54) is 0 Å². The number of pyridine rings is 1. The fraction of sp³-hybridized carbons (Fsp3) is 0.235. The van der Waals surface area contributed by atoms with Crippen LogP contribution in [-0.2, 0) is 9.59 Å². The molecule has 24 heavy (non-hydrogen) atoms. The minimum atomic E-state index is -0.210. The van der Waals surface area contributed by atoms with Gasteiger partial charge in [-0.3, -0.25) is 14.5 Å². The van der Waals surface area contributed by atoms with E-state index in [0.717, 1.165) is 15.0 Å². The van der Waals surface area contributed by atoms with Gasteiger partial charge in [-0.1, -0.05) is 6.07 Å². The highest BCUT2D eigenvalue weighted by atomic mass is 127. The molecule has 0 spiro atoms. The van der Waals surface area contributed by atoms with Crippen LogP contribution < -0.4 is 10.6 Å². The van der Waals surface area contributed by atoms with Crippen molar-refractivity contribution < 1.29 is 9.59 Å². The first kappa shape index (κ1) is 18.3. The van der Waals surface area contributed by atoms with Gasteiger partial charge < -0.3 is 10.6 Å². The molecule has 0 aliphatic heterocycles. The van der Waals surface area contributed by atoms with E-state index in [9.17, 15) is 9.59 Å². The van der Waals surface area contributed by atoms with E-state index in [4.69, 9.17) is 0 Å². The molecule has 6 nitrogen and oxygen atoms in total. The minimum Gasteiger partial charge on any atom is -0.325 e. The van der Waals surface area contributed by atoms with Crippen LogP contribution in [0.4, 0.5) is 11.5 Å². The third-order valence-electron chi connectivity index (χ3n) is 3.11. The number of likely N-dealkylation sites (N-methyl/N-ethyl adjacent to an activating group) is 1. The number of carbonyl (C=O) groups excluding carboxylic acids is 2. The molecule has 2 rings (SSSR count). The monoisotopic (exact) mass is 438 g/mol. The normalized spacial score (nSPS) is 10.5. The maximum absolute atomic E-state index is 12.0. The maximum Gasteiger partial charge on any atom is 0.239 e. The SMILES string of the molecule is Cc1cccc(NC(=O)CN(C)CC(=O)Nc2ccc(I)cc2)n1. The Morgan fingerprint density at radius 2 is 1.67 bits per heavy atom. The van der Waals surface area contributed by atoms with Crippen molar-refractivity contribution in [3.05, 3.63) is 51.7 Å². The van der Waals surface area contributed by atoms with Gasteiger partial charge in [0.05, 0.1) is 13.1 Å². The second kappa shape index (κ2) is 8.74. The molecule has 2 N–H and O–H groups in total. The first-order valence-corrected chi connectivity index (χ1v) is 8.48. The fourth-order valence-corrected chi connectivity index (χ4v) is 2.43. The van der Waals surface area contributed by atoms with E-state index in [-0.39, 0.29) is 24.9 Å². The molecular formula is C17H19IN4O2. The Kier molecular flexibility index (Phi) is 6.68. The second-order valence-corrected chi connectivity index (χ2v) is 6.69. The molecule has 1 heterocycles. The number of carbonyl (C=O) groups is 2. The molecule has 0 saturated heterocycles. The lowest BCUT2D eigenvalue weighted by atomic mass is 10.3. The number of hydrogen-bond acceptors (Lipinski definition) is 4. The van der Waals surface area contributed by atoms with Crippen molar-refractivity contribution in [3.63, 3.8) is 0 Å². The van der Waals surface area contributed by atoms with Crippen LogP contribution in [-0.4, -0.2) is 41.8 Å². The van der Waals surface area contributed by atoms with Crippen LogP contribution in [0, 0.1) is 10.5 Å². The standard InChI is InChI=1S/C17H19IN4O2/c1-12-4-3-5-15(19-12)21-17(24)11-22(2)10-16(23)20-14-8-6-13(18)7-9-14/h3-9H,10-11H2,1-2H3,(H,20,23)(H,19,21,24). The van der Waals surface area contributed by atoms with E-state index < -0.39 is 0 Å². The van der Waals surface area contributed by atoms with Crippen molar-refractivity contribution in [1.29, 1.82) is 0 Å². The van der Waals surface area contributed by atoms with Crippen LogP contribution in [0.15, 0.2) is 42.5 Å². The molecule has 0 fully saturated rings. The number of aromatic nitrogens is 1. The van der Waals surface area contributed by atoms with Crippen LogP contribution in [0.1, 0.15) is 5.69 Å². The third-order valence-corrected chi connectivity index (χ3v) is 3.83. The predicted molar refractivity (Wildman–Crippen MR) is 103 cm³/mol. The number of anilines is 2. The smallest absolute Gasteiger partial charge is 0.239 e. The number of hydrogen-bond donors (Lipinski definition) is 2. The van der Waals surface area contributed by atoms with E-state index in [1.807, 2.05) is 43.3 Å². The van der Waals surface area contributed by atoms with Crippen LogP contribution >= 0.6 is 22.6 Å². The molecule has 0 aliphatic rings. The zero-order valence-corrected chi connectivity index (χ0v) is 15.7. The first-order valence-electron chi connectivity index (χ1n) is 7.40. The van der Waals surface area contributed by atoms with Gasteiger partial charge in [-0.2, -0.15) is 0 Å². The van der Waals surface area contributed by atoms with Gasteiger partial charge in [0.25, 0.3) is 0 Å². The molecule has 2 amide bonds. The van der Waals surface area contributed by atoms with Crippen molar-refractivity contribution >= 4 is 45.9 Å². The molecular weight excluding hydrogens is 419 g/mol. The lowest BCUT2D eigenvalue weighted by molar-refractivity contribution is -0.119. The highest BCUT2D eigenvalue weighted by molar-refractivity contribution is 14.1. The summed E-state index contributed by atoms with van der Waals surface area (Å²) < 4.78 is 1.10. The molecule has 0 saturated carbocycles. The number of benzene rings is 1. The highest BCUT2D eigenvalue weighted by Crippen LogP contribution is 2.11. The predicted octanol–water partition coefficient (Wildman–Crippen LogP) is 2.50. The Morgan fingerprint density at radius 1 is 1.04 bits per heavy atom. The Labute approximate surface area is 154 Å². The van der Waals surface area contributed by atoms with Crippen LogP contribution in [0.5, 0.6) is 0 Å². The number of aryl methyl sites for hydroxylation is 1. The van der Waals surface area contributed by atoms with Gasteiger partial charge in [0.15, 0.2) is 0 Å². The molecule has 7 heteroatoms. The van der Waals surface area contributed by atoms with Crippen molar-refractivity contribution in [3.8, 4) is 0 Å². The molecule has 1 aromatic carbocycles. The van der Waals surface area contributed by atoms with Crippen molar-refractivity contribution in [2.45, 2.75) is 6.92 Å². The largest absolute Gasteiger partial charge is 0.325 e. The Bertz CT molecular complexity index is 719. The minimum absolute atomic E-state index is 0.107. The Balaban J connectivity index is 1.79. The molecule has 1 aromatic heterocycles. The third kappa shape index (κ3) is 6.25. The summed E-state index contributed by atoms with van der Waals surface area (Å²) in [5, 5.41) is 5.52. The summed E-state index contributed by atoms with van der Waals surface area (Å²) in [4.78, 5) is 29.8. The zero-order valence-electron chi connectivity index (χ0n) is 13.5. The quantitative estimate of drug-likeness (QED) is 0.680. The van der Waals surface area contributed by atoms with Crippen molar-refractivity contribution in [2.75, 3.05) is 30.8 Å². The average Bonchev–Trinajstić information content (AvgIpc) is 2.49. The molecule has 0 unspecified atom stereocenters. The number of nitrogens with one attached hydrogen (secondary N) is 2. The summed E-state index contributed by atoms with van der Waals surface area (Å²) in [5.41, 5.74) is 1.57. The summed E-state index contributed by atoms with van der Waals surface area (Å²) in [5.74, 6) is 0.134. The summed E-state index contributed by atoms with van der Waals surface area (Å²) in [6, 6.07) is 12.9. The summed E-state index contributed by atoms with van der Waals surface area (Å²) in [6.45, 7) is 2.09. The van der Waals surface area contributed by atoms with Gasteiger partial charge >= 0.3 is 0 Å². The van der Waals surface area contributed by atoms with Gasteiger partial charge in [-0.05, 0) is 73.0 Å². The number of nitrogens with zero attached hydrogens (tertiary/aromatic N) is 2. The van der Waals surface area contributed by atoms with E-state index in [2.05, 4.69) is 38.2 Å². The fourth-order valence-electron chi connectivity index (χ4n) is 2.07. The molecule has 0 radical (unpaired) electrons. The van der Waals surface area contributed by atoms with E-state index >= 15 is 0 Å². The summed E-state index contributed by atoms with van der Waals surface area (Å²) >= 11 is 2.20. The Morgan fingerprint density at radius 3 is 2.29 bits per heavy atom. The van der Waals surface area contributed by atoms with Gasteiger partial charge in [0, 0.05) is 15.0 Å². The maximum atomic E-state index is 12.0. The number of rotatable bonds is 6. The first-order chi connectivity index (χ1) is 11.4. The summed E-state index contributed by atoms with van der Waals surface area (Å²) in [7, 11) is 1.72. The van der Waals surface area contributed by atoms with Crippen LogP contribution in [0.25, 0.3) is 0 Å². The zero-order chi connectivity index (χ0) is 17.5. The molecule has 2 aromatic rings. The van der Waals surface area contributed by atoms with Crippen LogP contribution in [0.2, 0.25) is 0 Å². The molecule has 0 atom stereocenters. The topological polar surface area (TPSA) is 74.3 Å². The van der Waals surface area contributed by atoms with Gasteiger partial charge in [0.1, 0.15) is 5.82 Å². The number of halogens is 1. The van der Waals surface area contributed by atoms with E-state index in [0.29, 0.717) is 5.82 Å². The lowest BCUT2D eigenvalue weighted by Gasteiger charge is -2.16. The van der Waals surface area contributed by atoms with Crippen molar-refractivity contribution in [2.24, 2.45) is 0 Å². The van der Waals surface area contributed by atoms with Gasteiger partial charge in [0.2, 0.25) is 11.8 Å².